The monoisotopic (exact) mass is 241 g/mol. The maximum atomic E-state index is 5.74. The molecule has 1 aromatic heterocycles. The van der Waals surface area contributed by atoms with Crippen molar-refractivity contribution in [3.05, 3.63) is 48.0 Å². The van der Waals surface area contributed by atoms with Crippen LogP contribution < -0.4 is 11.1 Å². The molecule has 0 aliphatic heterocycles. The van der Waals surface area contributed by atoms with Gasteiger partial charge in [0.05, 0.1) is 5.69 Å². The highest BCUT2D eigenvalue weighted by Gasteiger charge is 2.07. The van der Waals surface area contributed by atoms with Crippen LogP contribution in [0, 0.1) is 0 Å². The van der Waals surface area contributed by atoms with E-state index in [1.165, 1.54) is 0 Å². The third-order valence-corrected chi connectivity index (χ3v) is 2.69. The fourth-order valence-electron chi connectivity index (χ4n) is 1.82. The standard InChI is InChI=1S/C15H19N3/c1-11(2)17-15-13(10-16)8-9-14(18-15)12-6-4-3-5-7-12/h3-9,11H,10,16H2,1-2H3,(H,17,18). The number of rotatable bonds is 4. The van der Waals surface area contributed by atoms with Crippen molar-refractivity contribution in [1.29, 1.82) is 0 Å². The third-order valence-electron chi connectivity index (χ3n) is 2.69. The first-order valence-electron chi connectivity index (χ1n) is 6.22. The van der Waals surface area contributed by atoms with Crippen LogP contribution >= 0.6 is 0 Å². The van der Waals surface area contributed by atoms with Gasteiger partial charge in [0, 0.05) is 23.7 Å². The van der Waals surface area contributed by atoms with Crippen LogP contribution in [-0.2, 0) is 6.54 Å². The molecule has 0 spiro atoms. The molecule has 3 heteroatoms. The van der Waals surface area contributed by atoms with Crippen molar-refractivity contribution < 1.29 is 0 Å². The second-order valence-corrected chi connectivity index (χ2v) is 4.57. The molecule has 2 aromatic rings. The minimum Gasteiger partial charge on any atom is -0.368 e. The quantitative estimate of drug-likeness (QED) is 0.865. The fourth-order valence-corrected chi connectivity index (χ4v) is 1.82. The lowest BCUT2D eigenvalue weighted by molar-refractivity contribution is 0.879. The predicted molar refractivity (Wildman–Crippen MR) is 76.3 cm³/mol. The number of benzene rings is 1. The Kier molecular flexibility index (Phi) is 3.95. The van der Waals surface area contributed by atoms with E-state index in [2.05, 4.69) is 36.3 Å². The molecule has 1 aromatic carbocycles. The van der Waals surface area contributed by atoms with Crippen molar-refractivity contribution in [2.24, 2.45) is 5.73 Å². The van der Waals surface area contributed by atoms with E-state index in [1.54, 1.807) is 0 Å². The minimum absolute atomic E-state index is 0.342. The smallest absolute Gasteiger partial charge is 0.131 e. The largest absolute Gasteiger partial charge is 0.368 e. The summed E-state index contributed by atoms with van der Waals surface area (Å²) in [7, 11) is 0. The Hall–Kier alpha value is -1.87. The molecule has 0 aliphatic rings. The van der Waals surface area contributed by atoms with E-state index in [9.17, 15) is 0 Å². The number of nitrogens with two attached hydrogens (primary N) is 1. The maximum Gasteiger partial charge on any atom is 0.131 e. The number of hydrogen-bond acceptors (Lipinski definition) is 3. The second kappa shape index (κ2) is 5.65. The van der Waals surface area contributed by atoms with Gasteiger partial charge >= 0.3 is 0 Å². The number of aromatic nitrogens is 1. The van der Waals surface area contributed by atoms with Gasteiger partial charge in [-0.25, -0.2) is 4.98 Å². The second-order valence-electron chi connectivity index (χ2n) is 4.57. The van der Waals surface area contributed by atoms with Crippen LogP contribution in [0.15, 0.2) is 42.5 Å². The SMILES string of the molecule is CC(C)Nc1nc(-c2ccccc2)ccc1CN. The lowest BCUT2D eigenvalue weighted by atomic mass is 10.1. The van der Waals surface area contributed by atoms with Gasteiger partial charge in [-0.1, -0.05) is 36.4 Å². The summed E-state index contributed by atoms with van der Waals surface area (Å²) in [6.07, 6.45) is 0. The van der Waals surface area contributed by atoms with Gasteiger partial charge in [-0.15, -0.1) is 0 Å². The van der Waals surface area contributed by atoms with Crippen LogP contribution in [0.4, 0.5) is 5.82 Å². The summed E-state index contributed by atoms with van der Waals surface area (Å²) in [5.74, 6) is 0.883. The van der Waals surface area contributed by atoms with Gasteiger partial charge in [-0.3, -0.25) is 0 Å². The number of nitrogens with zero attached hydrogens (tertiary/aromatic N) is 1. The molecule has 0 aliphatic carbocycles. The first-order valence-corrected chi connectivity index (χ1v) is 6.22. The van der Waals surface area contributed by atoms with Crippen molar-refractivity contribution >= 4 is 5.82 Å². The lowest BCUT2D eigenvalue weighted by Gasteiger charge is -2.14. The zero-order valence-corrected chi connectivity index (χ0v) is 10.9. The first-order chi connectivity index (χ1) is 8.70. The van der Waals surface area contributed by atoms with Gasteiger partial charge in [-0.2, -0.15) is 0 Å². The van der Waals surface area contributed by atoms with E-state index in [0.717, 1.165) is 22.6 Å². The van der Waals surface area contributed by atoms with Crippen LogP contribution in [0.25, 0.3) is 11.3 Å². The number of anilines is 1. The predicted octanol–water partition coefficient (Wildman–Crippen LogP) is 3.03. The summed E-state index contributed by atoms with van der Waals surface area (Å²) in [6.45, 7) is 4.69. The molecule has 0 saturated heterocycles. The van der Waals surface area contributed by atoms with E-state index in [4.69, 9.17) is 5.73 Å². The van der Waals surface area contributed by atoms with E-state index in [-0.39, 0.29) is 0 Å². The van der Waals surface area contributed by atoms with E-state index in [1.807, 2.05) is 30.3 Å². The highest BCUT2D eigenvalue weighted by atomic mass is 15.0. The summed E-state index contributed by atoms with van der Waals surface area (Å²) in [6, 6.07) is 14.6. The average Bonchev–Trinajstić information content (AvgIpc) is 2.39. The van der Waals surface area contributed by atoms with Crippen molar-refractivity contribution in [2.75, 3.05) is 5.32 Å². The summed E-state index contributed by atoms with van der Waals surface area (Å²) in [5, 5.41) is 3.34. The fraction of sp³-hybridized carbons (Fsp3) is 0.267. The van der Waals surface area contributed by atoms with Gasteiger partial charge in [0.2, 0.25) is 0 Å². The molecule has 94 valence electrons. The van der Waals surface area contributed by atoms with E-state index in [0.29, 0.717) is 12.6 Å². The van der Waals surface area contributed by atoms with E-state index >= 15 is 0 Å². The zero-order valence-electron chi connectivity index (χ0n) is 10.9. The number of pyridine rings is 1. The van der Waals surface area contributed by atoms with Gasteiger partial charge < -0.3 is 11.1 Å². The molecule has 0 fully saturated rings. The molecule has 2 rings (SSSR count). The molecular weight excluding hydrogens is 222 g/mol. The Balaban J connectivity index is 2.39. The van der Waals surface area contributed by atoms with Crippen molar-refractivity contribution in [3.63, 3.8) is 0 Å². The molecule has 0 atom stereocenters. The molecule has 0 radical (unpaired) electrons. The lowest BCUT2D eigenvalue weighted by Crippen LogP contribution is -2.14. The normalized spacial score (nSPS) is 10.7. The molecule has 0 bridgehead atoms. The van der Waals surface area contributed by atoms with Gasteiger partial charge in [0.25, 0.3) is 0 Å². The summed E-state index contributed by atoms with van der Waals surface area (Å²) >= 11 is 0. The van der Waals surface area contributed by atoms with Gasteiger partial charge in [0.1, 0.15) is 5.82 Å². The molecular formula is C15H19N3. The van der Waals surface area contributed by atoms with Gasteiger partial charge in [0.15, 0.2) is 0 Å². The molecule has 0 unspecified atom stereocenters. The third kappa shape index (κ3) is 2.87. The Labute approximate surface area is 108 Å². The molecule has 3 nitrogen and oxygen atoms in total. The van der Waals surface area contributed by atoms with Crippen molar-refractivity contribution in [2.45, 2.75) is 26.4 Å². The average molecular weight is 241 g/mol. The van der Waals surface area contributed by atoms with Crippen LogP contribution in [0.2, 0.25) is 0 Å². The van der Waals surface area contributed by atoms with Crippen LogP contribution in [0.1, 0.15) is 19.4 Å². The highest BCUT2D eigenvalue weighted by Crippen LogP contribution is 2.21. The van der Waals surface area contributed by atoms with Crippen LogP contribution in [0.5, 0.6) is 0 Å². The topological polar surface area (TPSA) is 50.9 Å². The van der Waals surface area contributed by atoms with Crippen LogP contribution in [0.3, 0.4) is 0 Å². The van der Waals surface area contributed by atoms with Crippen molar-refractivity contribution in [3.8, 4) is 11.3 Å². The molecule has 0 amide bonds. The Morgan fingerprint density at radius 1 is 1.11 bits per heavy atom. The molecule has 3 N–H and O–H groups in total. The Morgan fingerprint density at radius 2 is 1.83 bits per heavy atom. The Bertz CT molecular complexity index is 506. The van der Waals surface area contributed by atoms with Crippen LogP contribution in [-0.4, -0.2) is 11.0 Å². The zero-order chi connectivity index (χ0) is 13.0. The molecule has 1 heterocycles. The summed E-state index contributed by atoms with van der Waals surface area (Å²) in [5.41, 5.74) is 8.87. The minimum atomic E-state index is 0.342. The number of hydrogen-bond donors (Lipinski definition) is 2. The first kappa shape index (κ1) is 12.6. The maximum absolute atomic E-state index is 5.74. The number of nitrogens with one attached hydrogen (secondary N) is 1. The molecule has 0 saturated carbocycles. The molecule has 18 heavy (non-hydrogen) atoms. The van der Waals surface area contributed by atoms with Gasteiger partial charge in [-0.05, 0) is 19.9 Å². The Morgan fingerprint density at radius 3 is 2.44 bits per heavy atom. The highest BCUT2D eigenvalue weighted by molar-refractivity contribution is 5.62. The summed E-state index contributed by atoms with van der Waals surface area (Å²) in [4.78, 5) is 4.66. The van der Waals surface area contributed by atoms with Crippen molar-refractivity contribution in [1.82, 2.24) is 4.98 Å². The van der Waals surface area contributed by atoms with E-state index < -0.39 is 0 Å². The summed E-state index contributed by atoms with van der Waals surface area (Å²) < 4.78 is 0.